The summed E-state index contributed by atoms with van der Waals surface area (Å²) in [4.78, 5) is 12.4. The van der Waals surface area contributed by atoms with Crippen molar-refractivity contribution >= 4 is 11.6 Å². The Morgan fingerprint density at radius 1 is 1.17 bits per heavy atom. The van der Waals surface area contributed by atoms with E-state index in [1.54, 1.807) is 30.3 Å². The van der Waals surface area contributed by atoms with Crippen LogP contribution < -0.4 is 16.4 Å². The van der Waals surface area contributed by atoms with Crippen molar-refractivity contribution in [3.63, 3.8) is 0 Å². The number of nitrogens with two attached hydrogens (primary N) is 1. The predicted molar refractivity (Wildman–Crippen MR) is 88.7 cm³/mol. The number of carbonyl (C=O) groups excluding carboxylic acids is 1. The van der Waals surface area contributed by atoms with E-state index in [9.17, 15) is 13.6 Å². The zero-order valence-corrected chi connectivity index (χ0v) is 13.1. The fourth-order valence-corrected chi connectivity index (χ4v) is 3.08. The van der Waals surface area contributed by atoms with Crippen LogP contribution in [0.1, 0.15) is 28.3 Å². The maximum atomic E-state index is 13.5. The highest BCUT2D eigenvalue weighted by atomic mass is 19.2. The number of amides is 1. The number of anilines is 1. The minimum absolute atomic E-state index is 0.0774. The summed E-state index contributed by atoms with van der Waals surface area (Å²) < 4.78 is 26.7. The molecule has 0 radical (unpaired) electrons. The first-order valence-corrected chi connectivity index (χ1v) is 7.86. The third-order valence-electron chi connectivity index (χ3n) is 4.32. The summed E-state index contributed by atoms with van der Waals surface area (Å²) in [5, 5.41) is 6.19. The van der Waals surface area contributed by atoms with Gasteiger partial charge >= 0.3 is 0 Å². The van der Waals surface area contributed by atoms with Crippen LogP contribution in [-0.4, -0.2) is 25.0 Å². The van der Waals surface area contributed by atoms with Crippen molar-refractivity contribution in [2.45, 2.75) is 18.4 Å². The largest absolute Gasteiger partial charge is 0.399 e. The minimum atomic E-state index is -0.869. The van der Waals surface area contributed by atoms with Crippen LogP contribution >= 0.6 is 0 Å². The van der Waals surface area contributed by atoms with Gasteiger partial charge < -0.3 is 16.4 Å². The Labute approximate surface area is 139 Å². The summed E-state index contributed by atoms with van der Waals surface area (Å²) >= 11 is 0. The van der Waals surface area contributed by atoms with Gasteiger partial charge in [-0.05, 0) is 48.9 Å². The molecule has 1 fully saturated rings. The lowest BCUT2D eigenvalue weighted by atomic mass is 9.85. The fraction of sp³-hybridized carbons (Fsp3) is 0.278. The molecule has 3 rings (SSSR count). The average Bonchev–Trinajstić information content (AvgIpc) is 2.58. The van der Waals surface area contributed by atoms with Gasteiger partial charge in [0, 0.05) is 29.8 Å². The first-order valence-electron chi connectivity index (χ1n) is 7.86. The number of rotatable bonds is 3. The molecule has 0 spiro atoms. The molecule has 0 aliphatic carbocycles. The topological polar surface area (TPSA) is 67.2 Å². The Morgan fingerprint density at radius 3 is 2.75 bits per heavy atom. The Hall–Kier alpha value is -2.47. The predicted octanol–water partition coefficient (Wildman–Crippen LogP) is 2.42. The van der Waals surface area contributed by atoms with Gasteiger partial charge in [0.05, 0.1) is 0 Å². The normalized spacial score (nSPS) is 20.6. The van der Waals surface area contributed by atoms with Crippen molar-refractivity contribution in [1.29, 1.82) is 0 Å². The van der Waals surface area contributed by atoms with Crippen LogP contribution in [0.4, 0.5) is 14.5 Å². The molecule has 2 aromatic carbocycles. The van der Waals surface area contributed by atoms with E-state index in [1.165, 1.54) is 6.07 Å². The lowest BCUT2D eigenvalue weighted by Crippen LogP contribution is -2.50. The summed E-state index contributed by atoms with van der Waals surface area (Å²) in [5.41, 5.74) is 7.39. The Kier molecular flexibility index (Phi) is 4.76. The Bertz CT molecular complexity index is 751. The van der Waals surface area contributed by atoms with Crippen molar-refractivity contribution in [1.82, 2.24) is 10.6 Å². The first kappa shape index (κ1) is 16.4. The second-order valence-corrected chi connectivity index (χ2v) is 5.98. The molecule has 2 aromatic rings. The second kappa shape index (κ2) is 6.97. The Morgan fingerprint density at radius 2 is 2.00 bits per heavy atom. The number of nitrogen functional groups attached to an aromatic ring is 1. The van der Waals surface area contributed by atoms with Gasteiger partial charge in [-0.1, -0.05) is 12.1 Å². The standard InChI is InChI=1S/C18H19F2N3O/c19-15-5-4-11(9-16(15)20)14-6-7-22-10-17(14)23-18(24)12-2-1-3-13(21)8-12/h1-5,8-9,14,17,22H,6-7,10,21H2,(H,23,24). The minimum Gasteiger partial charge on any atom is -0.399 e. The van der Waals surface area contributed by atoms with Crippen molar-refractivity contribution in [3.05, 3.63) is 65.2 Å². The number of halogens is 2. The summed E-state index contributed by atoms with van der Waals surface area (Å²) in [7, 11) is 0. The first-order chi connectivity index (χ1) is 11.5. The lowest BCUT2D eigenvalue weighted by molar-refractivity contribution is 0.0924. The summed E-state index contributed by atoms with van der Waals surface area (Å²) in [5.74, 6) is -2.05. The van der Waals surface area contributed by atoms with Gasteiger partial charge in [0.15, 0.2) is 11.6 Å². The molecule has 1 aliphatic heterocycles. The van der Waals surface area contributed by atoms with E-state index in [0.29, 0.717) is 23.4 Å². The molecule has 1 saturated heterocycles. The van der Waals surface area contributed by atoms with Crippen LogP contribution in [0.25, 0.3) is 0 Å². The zero-order valence-electron chi connectivity index (χ0n) is 13.1. The van der Waals surface area contributed by atoms with E-state index in [2.05, 4.69) is 10.6 Å². The summed E-state index contributed by atoms with van der Waals surface area (Å²) in [6, 6.07) is 10.4. The van der Waals surface area contributed by atoms with Crippen LogP contribution in [0.5, 0.6) is 0 Å². The van der Waals surface area contributed by atoms with Crippen molar-refractivity contribution in [3.8, 4) is 0 Å². The van der Waals surface area contributed by atoms with Crippen LogP contribution in [0, 0.1) is 11.6 Å². The third kappa shape index (κ3) is 3.54. The van der Waals surface area contributed by atoms with Crippen molar-refractivity contribution in [2.75, 3.05) is 18.8 Å². The van der Waals surface area contributed by atoms with Gasteiger partial charge in [-0.15, -0.1) is 0 Å². The second-order valence-electron chi connectivity index (χ2n) is 5.98. The lowest BCUT2D eigenvalue weighted by Gasteiger charge is -2.33. The van der Waals surface area contributed by atoms with Crippen molar-refractivity contribution < 1.29 is 13.6 Å². The van der Waals surface area contributed by atoms with Crippen LogP contribution in [0.2, 0.25) is 0 Å². The SMILES string of the molecule is Nc1cccc(C(=O)NC2CNCCC2c2ccc(F)c(F)c2)c1. The number of hydrogen-bond donors (Lipinski definition) is 3. The van der Waals surface area contributed by atoms with E-state index in [0.717, 1.165) is 19.0 Å². The number of carbonyl (C=O) groups is 1. The van der Waals surface area contributed by atoms with Gasteiger partial charge in [-0.3, -0.25) is 4.79 Å². The highest BCUT2D eigenvalue weighted by Crippen LogP contribution is 2.27. The van der Waals surface area contributed by atoms with Crippen LogP contribution in [0.15, 0.2) is 42.5 Å². The molecule has 1 aliphatic rings. The van der Waals surface area contributed by atoms with Gasteiger partial charge in [0.1, 0.15) is 0 Å². The van der Waals surface area contributed by atoms with E-state index >= 15 is 0 Å². The van der Waals surface area contributed by atoms with Crippen LogP contribution in [-0.2, 0) is 0 Å². The zero-order chi connectivity index (χ0) is 17.1. The molecule has 1 heterocycles. The van der Waals surface area contributed by atoms with E-state index in [4.69, 9.17) is 5.73 Å². The maximum Gasteiger partial charge on any atom is 0.251 e. The molecule has 2 atom stereocenters. The third-order valence-corrected chi connectivity index (χ3v) is 4.32. The molecule has 1 amide bonds. The summed E-state index contributed by atoms with van der Waals surface area (Å²) in [6.45, 7) is 1.33. The number of hydrogen-bond acceptors (Lipinski definition) is 3. The molecular formula is C18H19F2N3O. The Balaban J connectivity index is 1.79. The molecule has 6 heteroatoms. The molecule has 24 heavy (non-hydrogen) atoms. The molecule has 4 N–H and O–H groups in total. The smallest absolute Gasteiger partial charge is 0.251 e. The number of nitrogens with one attached hydrogen (secondary N) is 2. The average molecular weight is 331 g/mol. The van der Waals surface area contributed by atoms with Gasteiger partial charge in [-0.2, -0.15) is 0 Å². The monoisotopic (exact) mass is 331 g/mol. The van der Waals surface area contributed by atoms with E-state index in [-0.39, 0.29) is 17.9 Å². The number of benzene rings is 2. The molecule has 0 bridgehead atoms. The van der Waals surface area contributed by atoms with Gasteiger partial charge in [0.25, 0.3) is 5.91 Å². The quantitative estimate of drug-likeness (QED) is 0.757. The molecule has 126 valence electrons. The van der Waals surface area contributed by atoms with E-state index in [1.807, 2.05) is 0 Å². The highest BCUT2D eigenvalue weighted by molar-refractivity contribution is 5.95. The van der Waals surface area contributed by atoms with E-state index < -0.39 is 11.6 Å². The molecule has 0 saturated carbocycles. The van der Waals surface area contributed by atoms with Crippen LogP contribution in [0.3, 0.4) is 0 Å². The van der Waals surface area contributed by atoms with Gasteiger partial charge in [-0.25, -0.2) is 8.78 Å². The van der Waals surface area contributed by atoms with Crippen molar-refractivity contribution in [2.24, 2.45) is 0 Å². The molecule has 2 unspecified atom stereocenters. The molecule has 4 nitrogen and oxygen atoms in total. The maximum absolute atomic E-state index is 13.5. The number of piperidine rings is 1. The fourth-order valence-electron chi connectivity index (χ4n) is 3.08. The van der Waals surface area contributed by atoms with Gasteiger partial charge in [0.2, 0.25) is 0 Å². The highest BCUT2D eigenvalue weighted by Gasteiger charge is 2.28. The summed E-state index contributed by atoms with van der Waals surface area (Å²) in [6.07, 6.45) is 0.729. The molecular weight excluding hydrogens is 312 g/mol. The molecule has 0 aromatic heterocycles.